The number of alkyl halides is 2. The Labute approximate surface area is 220 Å². The third-order valence-corrected chi connectivity index (χ3v) is 5.57. The van der Waals surface area contributed by atoms with Crippen LogP contribution in [0, 0.1) is 12.7 Å². The number of ether oxygens (including phenoxy) is 2. The van der Waals surface area contributed by atoms with Crippen LogP contribution in [0.3, 0.4) is 0 Å². The number of carbonyl (C=O) groups excluding carboxylic acids is 1. The van der Waals surface area contributed by atoms with Crippen LogP contribution in [0.1, 0.15) is 42.3 Å². The second-order valence-corrected chi connectivity index (χ2v) is 8.81. The normalized spacial score (nSPS) is 14.6. The molecule has 10 heteroatoms. The second kappa shape index (κ2) is 13.3. The van der Waals surface area contributed by atoms with Gasteiger partial charge in [-0.3, -0.25) is 4.79 Å². The van der Waals surface area contributed by atoms with Crippen molar-refractivity contribution >= 4 is 11.6 Å². The summed E-state index contributed by atoms with van der Waals surface area (Å²) in [5, 5.41) is 22.7. The Morgan fingerprint density at radius 3 is 2.39 bits per heavy atom. The van der Waals surface area contributed by atoms with Gasteiger partial charge in [0.15, 0.2) is 17.1 Å². The van der Waals surface area contributed by atoms with E-state index in [4.69, 9.17) is 9.47 Å². The highest BCUT2D eigenvalue weighted by atomic mass is 19.3. The third-order valence-electron chi connectivity index (χ3n) is 5.57. The molecule has 0 aliphatic carbocycles. The maximum absolute atomic E-state index is 14.2. The fraction of sp³-hybridized carbons (Fsp3) is 0.357. The Hall–Kier alpha value is -3.63. The number of nitrogens with zero attached hydrogens (tertiary/aromatic N) is 1. The molecular formula is C28H33F3N2O5. The molecule has 0 saturated carbocycles. The minimum Gasteiger partial charge on any atom is -0.493 e. The summed E-state index contributed by atoms with van der Waals surface area (Å²) in [6.07, 6.45) is -2.82. The smallest absolute Gasteiger partial charge is 0.274 e. The number of allylic oxidation sites excluding steroid dienone is 2. The highest BCUT2D eigenvalue weighted by Crippen LogP contribution is 2.30. The van der Waals surface area contributed by atoms with Gasteiger partial charge in [-0.05, 0) is 75.2 Å². The van der Waals surface area contributed by atoms with Crippen molar-refractivity contribution in [2.75, 3.05) is 20.3 Å². The molecule has 2 atom stereocenters. The van der Waals surface area contributed by atoms with Gasteiger partial charge in [-0.2, -0.15) is 0 Å². The van der Waals surface area contributed by atoms with E-state index in [1.54, 1.807) is 20.8 Å². The minimum absolute atomic E-state index is 0.000365. The highest BCUT2D eigenvalue weighted by Gasteiger charge is 2.42. The zero-order chi connectivity index (χ0) is 28.6. The molecule has 7 nitrogen and oxygen atoms in total. The minimum atomic E-state index is -3.31. The Kier molecular flexibility index (Phi) is 10.7. The van der Waals surface area contributed by atoms with Gasteiger partial charge in [0, 0.05) is 11.1 Å². The van der Waals surface area contributed by atoms with Crippen LogP contribution in [0.2, 0.25) is 0 Å². The number of aliphatic hydroxyl groups excluding tert-OH is 1. The van der Waals surface area contributed by atoms with Crippen molar-refractivity contribution in [3.05, 3.63) is 82.8 Å². The average molecular weight is 535 g/mol. The topological polar surface area (TPSA) is 100 Å². The number of benzene rings is 2. The molecule has 2 aromatic rings. The van der Waals surface area contributed by atoms with Crippen molar-refractivity contribution in [1.82, 2.24) is 5.32 Å². The van der Waals surface area contributed by atoms with Gasteiger partial charge in [0.05, 0.1) is 31.2 Å². The van der Waals surface area contributed by atoms with Gasteiger partial charge in [0.1, 0.15) is 12.4 Å². The first-order valence-electron chi connectivity index (χ1n) is 11.8. The molecule has 0 fully saturated rings. The fourth-order valence-corrected chi connectivity index (χ4v) is 3.47. The molecule has 2 rings (SSSR count). The lowest BCUT2D eigenvalue weighted by atomic mass is 9.97. The number of aryl methyl sites for hydroxylation is 1. The number of aliphatic hydroxyl groups is 2. The maximum atomic E-state index is 14.2. The molecule has 206 valence electrons. The van der Waals surface area contributed by atoms with Crippen LogP contribution in [0.4, 0.5) is 13.2 Å². The summed E-state index contributed by atoms with van der Waals surface area (Å²) < 4.78 is 52.9. The molecule has 0 aliphatic heterocycles. The van der Waals surface area contributed by atoms with E-state index < -0.39 is 42.1 Å². The monoisotopic (exact) mass is 534 g/mol. The number of amides is 1. The SMILES string of the molecule is C=C(C)C(=N/C(=C\C)C(O)(CNC(=O)c1ccc(OCC(C)O)c(OC)c1)C(F)F)c1ccc(F)c(C)c1. The molecule has 2 aromatic carbocycles. The first kappa shape index (κ1) is 30.6. The standard InChI is InChI=1S/C28H33F3N2O5/c1-7-24(33-25(16(2)3)19-8-10-21(29)17(4)12-19)28(36,27(30)31)15-32-26(35)20-9-11-22(23(13-20)37-6)38-14-18(5)34/h7-13,18,27,34,36H,2,14-15H2,1,3-6H3,(H,32,35)/b24-7-,33-25?. The van der Waals surface area contributed by atoms with Crippen molar-refractivity contribution in [2.45, 2.75) is 45.8 Å². The molecule has 0 aromatic heterocycles. The molecule has 0 saturated heterocycles. The van der Waals surface area contributed by atoms with Gasteiger partial charge in [0.2, 0.25) is 0 Å². The van der Waals surface area contributed by atoms with Gasteiger partial charge in [-0.25, -0.2) is 18.2 Å². The van der Waals surface area contributed by atoms with E-state index >= 15 is 0 Å². The van der Waals surface area contributed by atoms with Crippen LogP contribution in [0.15, 0.2) is 65.3 Å². The van der Waals surface area contributed by atoms with Crippen LogP contribution in [0.5, 0.6) is 11.5 Å². The number of hydrogen-bond acceptors (Lipinski definition) is 6. The van der Waals surface area contributed by atoms with Gasteiger partial charge in [0.25, 0.3) is 12.3 Å². The van der Waals surface area contributed by atoms with Crippen molar-refractivity contribution in [3.8, 4) is 11.5 Å². The molecule has 0 heterocycles. The van der Waals surface area contributed by atoms with Crippen LogP contribution in [-0.2, 0) is 0 Å². The van der Waals surface area contributed by atoms with Crippen LogP contribution in [-0.4, -0.2) is 60.2 Å². The zero-order valence-corrected chi connectivity index (χ0v) is 22.0. The lowest BCUT2D eigenvalue weighted by Gasteiger charge is -2.28. The second-order valence-electron chi connectivity index (χ2n) is 8.81. The molecule has 0 bridgehead atoms. The summed E-state index contributed by atoms with van der Waals surface area (Å²) in [7, 11) is 1.36. The Morgan fingerprint density at radius 2 is 1.87 bits per heavy atom. The van der Waals surface area contributed by atoms with Crippen LogP contribution in [0.25, 0.3) is 0 Å². The van der Waals surface area contributed by atoms with Crippen molar-refractivity contribution in [2.24, 2.45) is 4.99 Å². The first-order valence-corrected chi connectivity index (χ1v) is 11.8. The lowest BCUT2D eigenvalue weighted by Crippen LogP contribution is -2.49. The fourth-order valence-electron chi connectivity index (χ4n) is 3.47. The van der Waals surface area contributed by atoms with E-state index in [9.17, 15) is 28.2 Å². The van der Waals surface area contributed by atoms with E-state index in [-0.39, 0.29) is 29.4 Å². The van der Waals surface area contributed by atoms with Gasteiger partial charge >= 0.3 is 0 Å². The summed E-state index contributed by atoms with van der Waals surface area (Å²) in [5.74, 6) is -0.713. The molecule has 3 N–H and O–H groups in total. The molecule has 38 heavy (non-hydrogen) atoms. The molecule has 0 aliphatic rings. The predicted octanol–water partition coefficient (Wildman–Crippen LogP) is 4.60. The Morgan fingerprint density at radius 1 is 1.21 bits per heavy atom. The summed E-state index contributed by atoms with van der Waals surface area (Å²) in [6, 6.07) is 8.35. The largest absolute Gasteiger partial charge is 0.493 e. The van der Waals surface area contributed by atoms with E-state index in [1.807, 2.05) is 0 Å². The van der Waals surface area contributed by atoms with Crippen LogP contribution >= 0.6 is 0 Å². The van der Waals surface area contributed by atoms with Gasteiger partial charge < -0.3 is 25.0 Å². The quantitative estimate of drug-likeness (QED) is 0.346. The first-order chi connectivity index (χ1) is 17.8. The van der Waals surface area contributed by atoms with Gasteiger partial charge in [-0.15, -0.1) is 0 Å². The van der Waals surface area contributed by atoms with Crippen molar-refractivity contribution in [3.63, 3.8) is 0 Å². The lowest BCUT2D eigenvalue weighted by molar-refractivity contribution is -0.0673. The number of rotatable bonds is 12. The van der Waals surface area contributed by atoms with Crippen LogP contribution < -0.4 is 14.8 Å². The summed E-state index contributed by atoms with van der Waals surface area (Å²) in [4.78, 5) is 17.1. The number of halogens is 3. The van der Waals surface area contributed by atoms with Crippen molar-refractivity contribution in [1.29, 1.82) is 0 Å². The number of methoxy groups -OCH3 is 1. The summed E-state index contributed by atoms with van der Waals surface area (Å²) in [6.45, 7) is 9.10. The van der Waals surface area contributed by atoms with Crippen molar-refractivity contribution < 1.29 is 37.7 Å². The third kappa shape index (κ3) is 7.45. The number of nitrogens with one attached hydrogen (secondary N) is 1. The van der Waals surface area contributed by atoms with E-state index in [0.717, 1.165) is 0 Å². The van der Waals surface area contributed by atoms with Gasteiger partial charge in [-0.1, -0.05) is 12.7 Å². The zero-order valence-electron chi connectivity index (χ0n) is 22.0. The number of carbonyl (C=O) groups is 1. The molecular weight excluding hydrogens is 501 g/mol. The maximum Gasteiger partial charge on any atom is 0.274 e. The molecule has 0 spiro atoms. The molecule has 0 radical (unpaired) electrons. The Bertz CT molecular complexity index is 1230. The number of hydrogen-bond donors (Lipinski definition) is 3. The molecule has 1 amide bonds. The Balaban J connectivity index is 2.34. The number of aliphatic imine (C=N–C) groups is 1. The molecule has 2 unspecified atom stereocenters. The predicted molar refractivity (Wildman–Crippen MR) is 140 cm³/mol. The van der Waals surface area contributed by atoms with E-state index in [0.29, 0.717) is 16.7 Å². The highest BCUT2D eigenvalue weighted by molar-refractivity contribution is 6.12. The van der Waals surface area contributed by atoms with E-state index in [2.05, 4.69) is 16.9 Å². The average Bonchev–Trinajstić information content (AvgIpc) is 2.87. The van der Waals surface area contributed by atoms with E-state index in [1.165, 1.54) is 56.5 Å². The summed E-state index contributed by atoms with van der Waals surface area (Å²) >= 11 is 0. The summed E-state index contributed by atoms with van der Waals surface area (Å²) in [5.41, 5.74) is -1.82.